The van der Waals surface area contributed by atoms with E-state index in [9.17, 15) is 0 Å². The molecule has 1 unspecified atom stereocenters. The molecule has 1 aliphatic rings. The molecule has 0 amide bonds. The van der Waals surface area contributed by atoms with Crippen LogP contribution in [0, 0.1) is 0 Å². The summed E-state index contributed by atoms with van der Waals surface area (Å²) in [6.07, 6.45) is 6.80. The van der Waals surface area contributed by atoms with Gasteiger partial charge in [-0.15, -0.1) is 5.10 Å². The molecule has 5 aromatic rings. The van der Waals surface area contributed by atoms with E-state index in [1.807, 2.05) is 41.2 Å². The Kier molecular flexibility index (Phi) is 4.74. The van der Waals surface area contributed by atoms with Crippen LogP contribution >= 0.6 is 11.6 Å². The maximum Gasteiger partial charge on any atom is 0.224 e. The van der Waals surface area contributed by atoms with Gasteiger partial charge in [0.05, 0.1) is 17.2 Å². The second kappa shape index (κ2) is 7.89. The van der Waals surface area contributed by atoms with Crippen LogP contribution in [-0.4, -0.2) is 36.1 Å². The third-order valence-electron chi connectivity index (χ3n) is 5.70. The largest absolute Gasteiger partial charge is 0.356 e. The lowest BCUT2D eigenvalue weighted by Crippen LogP contribution is -2.18. The van der Waals surface area contributed by atoms with Gasteiger partial charge < -0.3 is 10.1 Å². The van der Waals surface area contributed by atoms with Crippen molar-refractivity contribution in [3.8, 4) is 5.82 Å². The smallest absolute Gasteiger partial charge is 0.224 e. The third-order valence-corrected chi connectivity index (χ3v) is 5.88. The predicted octanol–water partition coefficient (Wildman–Crippen LogP) is 5.26. The molecule has 9 heteroatoms. The molecule has 4 heterocycles. The molecule has 160 valence electrons. The minimum Gasteiger partial charge on any atom is -0.356 e. The summed E-state index contributed by atoms with van der Waals surface area (Å²) in [5.74, 6) is 1.34. The van der Waals surface area contributed by atoms with E-state index in [0.717, 1.165) is 52.8 Å². The zero-order chi connectivity index (χ0) is 21.5. The average Bonchev–Trinajstić information content (AvgIpc) is 3.41. The Labute approximate surface area is 188 Å². The SMILES string of the molecule is Clc1nccc(-n2nc(Nc3ccc4c(cnn4C4CCCCO4)c3)c3ccccc32)n1. The molecule has 0 saturated carbocycles. The van der Waals surface area contributed by atoms with Crippen LogP contribution in [0.4, 0.5) is 11.5 Å². The zero-order valence-electron chi connectivity index (χ0n) is 17.1. The van der Waals surface area contributed by atoms with Crippen molar-refractivity contribution in [1.82, 2.24) is 29.5 Å². The lowest BCUT2D eigenvalue weighted by atomic mass is 10.2. The Morgan fingerprint density at radius 3 is 2.88 bits per heavy atom. The van der Waals surface area contributed by atoms with Gasteiger partial charge in [0, 0.05) is 35.3 Å². The number of aromatic nitrogens is 6. The summed E-state index contributed by atoms with van der Waals surface area (Å²) < 4.78 is 9.66. The summed E-state index contributed by atoms with van der Waals surface area (Å²) in [6.45, 7) is 0.791. The van der Waals surface area contributed by atoms with Crippen molar-refractivity contribution in [2.75, 3.05) is 11.9 Å². The minimum atomic E-state index is 0.0133. The van der Waals surface area contributed by atoms with Crippen LogP contribution < -0.4 is 5.32 Å². The summed E-state index contributed by atoms with van der Waals surface area (Å²) in [6, 6.07) is 16.0. The fourth-order valence-electron chi connectivity index (χ4n) is 4.19. The van der Waals surface area contributed by atoms with Crippen molar-refractivity contribution in [1.29, 1.82) is 0 Å². The van der Waals surface area contributed by atoms with E-state index in [4.69, 9.17) is 21.4 Å². The van der Waals surface area contributed by atoms with Crippen LogP contribution in [-0.2, 0) is 4.74 Å². The number of anilines is 2. The Bertz CT molecular complexity index is 1420. The molecule has 0 bridgehead atoms. The third kappa shape index (κ3) is 3.37. The molecule has 1 fully saturated rings. The van der Waals surface area contributed by atoms with Gasteiger partial charge in [0.2, 0.25) is 5.28 Å². The number of fused-ring (bicyclic) bond motifs is 2. The van der Waals surface area contributed by atoms with E-state index in [1.54, 1.807) is 16.9 Å². The molecule has 6 rings (SSSR count). The Morgan fingerprint density at radius 1 is 1.06 bits per heavy atom. The number of nitrogens with zero attached hydrogens (tertiary/aromatic N) is 6. The average molecular weight is 446 g/mol. The Morgan fingerprint density at radius 2 is 2.00 bits per heavy atom. The first kappa shape index (κ1) is 19.2. The van der Waals surface area contributed by atoms with Crippen LogP contribution in [0.3, 0.4) is 0 Å². The van der Waals surface area contributed by atoms with Crippen molar-refractivity contribution >= 4 is 44.9 Å². The van der Waals surface area contributed by atoms with Crippen molar-refractivity contribution in [2.45, 2.75) is 25.5 Å². The summed E-state index contributed by atoms with van der Waals surface area (Å²) in [4.78, 5) is 8.27. The normalized spacial score (nSPS) is 16.6. The van der Waals surface area contributed by atoms with Crippen molar-refractivity contribution < 1.29 is 4.74 Å². The molecular formula is C23H20ClN7O. The van der Waals surface area contributed by atoms with Gasteiger partial charge in [0.15, 0.2) is 17.9 Å². The maximum atomic E-state index is 6.00. The molecule has 1 aliphatic heterocycles. The zero-order valence-corrected chi connectivity index (χ0v) is 17.9. The number of halogens is 1. The first-order chi connectivity index (χ1) is 15.8. The highest BCUT2D eigenvalue weighted by molar-refractivity contribution is 6.28. The fourth-order valence-corrected chi connectivity index (χ4v) is 4.33. The van der Waals surface area contributed by atoms with E-state index in [0.29, 0.717) is 5.82 Å². The van der Waals surface area contributed by atoms with Crippen LogP contribution in [0.5, 0.6) is 0 Å². The summed E-state index contributed by atoms with van der Waals surface area (Å²) in [7, 11) is 0. The van der Waals surface area contributed by atoms with Gasteiger partial charge in [0.1, 0.15) is 0 Å². The molecule has 1 saturated heterocycles. The second-order valence-electron chi connectivity index (χ2n) is 7.77. The lowest BCUT2D eigenvalue weighted by Gasteiger charge is -2.23. The van der Waals surface area contributed by atoms with Gasteiger partial charge in [-0.3, -0.25) is 0 Å². The topological polar surface area (TPSA) is 82.7 Å². The van der Waals surface area contributed by atoms with Crippen molar-refractivity contribution in [3.63, 3.8) is 0 Å². The highest BCUT2D eigenvalue weighted by Gasteiger charge is 2.19. The van der Waals surface area contributed by atoms with Gasteiger partial charge in [-0.1, -0.05) is 12.1 Å². The van der Waals surface area contributed by atoms with Gasteiger partial charge in [-0.05, 0) is 61.2 Å². The van der Waals surface area contributed by atoms with Crippen molar-refractivity contribution in [3.05, 3.63) is 66.2 Å². The maximum absolute atomic E-state index is 6.00. The number of para-hydroxylation sites is 1. The Hall–Kier alpha value is -3.49. The minimum absolute atomic E-state index is 0.0133. The second-order valence-corrected chi connectivity index (χ2v) is 8.11. The van der Waals surface area contributed by atoms with Gasteiger partial charge in [-0.2, -0.15) is 10.1 Å². The summed E-state index contributed by atoms with van der Waals surface area (Å²) in [5.41, 5.74) is 2.92. The molecule has 1 N–H and O–H groups in total. The quantitative estimate of drug-likeness (QED) is 0.380. The predicted molar refractivity (Wildman–Crippen MR) is 124 cm³/mol. The number of ether oxygens (including phenoxy) is 1. The number of benzene rings is 2. The molecule has 2 aromatic carbocycles. The van der Waals surface area contributed by atoms with E-state index < -0.39 is 0 Å². The van der Waals surface area contributed by atoms with E-state index in [1.165, 1.54) is 6.42 Å². The van der Waals surface area contributed by atoms with E-state index >= 15 is 0 Å². The number of hydrogen-bond donors (Lipinski definition) is 1. The number of nitrogens with one attached hydrogen (secondary N) is 1. The molecule has 1 atom stereocenters. The van der Waals surface area contributed by atoms with E-state index in [2.05, 4.69) is 32.5 Å². The molecule has 0 spiro atoms. The monoisotopic (exact) mass is 445 g/mol. The van der Waals surface area contributed by atoms with Gasteiger partial charge in [-0.25, -0.2) is 14.3 Å². The van der Waals surface area contributed by atoms with E-state index in [-0.39, 0.29) is 11.5 Å². The molecule has 3 aromatic heterocycles. The van der Waals surface area contributed by atoms with Crippen molar-refractivity contribution in [2.24, 2.45) is 0 Å². The lowest BCUT2D eigenvalue weighted by molar-refractivity contribution is -0.0366. The number of rotatable bonds is 4. The first-order valence-corrected chi connectivity index (χ1v) is 11.0. The molecule has 0 aliphatic carbocycles. The molecular weight excluding hydrogens is 426 g/mol. The fraction of sp³-hybridized carbons (Fsp3) is 0.217. The molecule has 0 radical (unpaired) electrons. The van der Waals surface area contributed by atoms with Crippen LogP contribution in [0.25, 0.3) is 27.6 Å². The van der Waals surface area contributed by atoms with Crippen LogP contribution in [0.15, 0.2) is 60.9 Å². The molecule has 8 nitrogen and oxygen atoms in total. The summed E-state index contributed by atoms with van der Waals surface area (Å²) >= 11 is 6.00. The standard InChI is InChI=1S/C23H20ClN7O/c24-23-25-11-10-20(28-23)30-19-6-2-1-5-17(19)22(29-30)27-16-8-9-18-15(13-16)14-26-31(18)21-7-3-4-12-32-21/h1-2,5-6,8-11,13-14,21H,3-4,7,12H2,(H,27,29). The highest BCUT2D eigenvalue weighted by atomic mass is 35.5. The van der Waals surface area contributed by atoms with Gasteiger partial charge >= 0.3 is 0 Å². The van der Waals surface area contributed by atoms with Gasteiger partial charge in [0.25, 0.3) is 0 Å². The number of hydrogen-bond acceptors (Lipinski definition) is 6. The van der Waals surface area contributed by atoms with Crippen LogP contribution in [0.2, 0.25) is 5.28 Å². The first-order valence-electron chi connectivity index (χ1n) is 10.6. The Balaban J connectivity index is 1.36. The highest BCUT2D eigenvalue weighted by Crippen LogP contribution is 2.31. The molecule has 32 heavy (non-hydrogen) atoms. The summed E-state index contributed by atoms with van der Waals surface area (Å²) in [5, 5.41) is 15.0. The van der Waals surface area contributed by atoms with Crippen LogP contribution in [0.1, 0.15) is 25.5 Å².